The summed E-state index contributed by atoms with van der Waals surface area (Å²) < 4.78 is 18.8. The molecule has 1 fully saturated rings. The number of carboxylic acid groups (broad SMARTS) is 1. The van der Waals surface area contributed by atoms with Crippen molar-refractivity contribution in [2.75, 3.05) is 13.7 Å². The number of hydrogen-bond acceptors (Lipinski definition) is 3. The third-order valence-electron chi connectivity index (χ3n) is 3.53. The van der Waals surface area contributed by atoms with Gasteiger partial charge in [0.05, 0.1) is 7.11 Å². The van der Waals surface area contributed by atoms with E-state index in [4.69, 9.17) is 4.74 Å². The maximum atomic E-state index is 13.8. The maximum Gasteiger partial charge on any atom is 0.320 e. The predicted octanol–water partition coefficient (Wildman–Crippen LogP) is 2.27. The van der Waals surface area contributed by atoms with Crippen LogP contribution >= 0.6 is 0 Å². The normalized spacial score (nSPS) is 20.2. The highest BCUT2D eigenvalue weighted by atomic mass is 19.1. The molecule has 1 atom stereocenters. The molecule has 2 rings (SSSR count). The van der Waals surface area contributed by atoms with Crippen molar-refractivity contribution in [2.45, 2.75) is 31.8 Å². The van der Waals surface area contributed by atoms with Crippen molar-refractivity contribution < 1.29 is 19.0 Å². The number of rotatable bonds is 4. The van der Waals surface area contributed by atoms with E-state index in [1.165, 1.54) is 13.2 Å². The molecule has 1 aromatic rings. The van der Waals surface area contributed by atoms with E-state index in [-0.39, 0.29) is 5.82 Å². The molecule has 1 unspecified atom stereocenters. The van der Waals surface area contributed by atoms with Crippen molar-refractivity contribution in [1.82, 2.24) is 4.90 Å². The molecule has 0 bridgehead atoms. The van der Waals surface area contributed by atoms with Crippen molar-refractivity contribution in [1.29, 1.82) is 0 Å². The topological polar surface area (TPSA) is 49.8 Å². The van der Waals surface area contributed by atoms with Crippen molar-refractivity contribution in [3.8, 4) is 5.75 Å². The van der Waals surface area contributed by atoms with Crippen molar-refractivity contribution in [2.24, 2.45) is 0 Å². The van der Waals surface area contributed by atoms with Crippen LogP contribution in [-0.2, 0) is 11.3 Å². The zero-order chi connectivity index (χ0) is 13.8. The Morgan fingerprint density at radius 2 is 2.32 bits per heavy atom. The van der Waals surface area contributed by atoms with Gasteiger partial charge in [0.15, 0.2) is 0 Å². The summed E-state index contributed by atoms with van der Waals surface area (Å²) >= 11 is 0. The van der Waals surface area contributed by atoms with Crippen LogP contribution in [0.1, 0.15) is 24.8 Å². The van der Waals surface area contributed by atoms with E-state index in [0.717, 1.165) is 12.8 Å². The Hall–Kier alpha value is -1.62. The lowest BCUT2D eigenvalue weighted by Gasteiger charge is -2.32. The van der Waals surface area contributed by atoms with E-state index in [9.17, 15) is 14.3 Å². The molecule has 0 aromatic heterocycles. The molecule has 1 N–H and O–H groups in total. The van der Waals surface area contributed by atoms with E-state index in [2.05, 4.69) is 0 Å². The van der Waals surface area contributed by atoms with Gasteiger partial charge in [-0.3, -0.25) is 9.69 Å². The van der Waals surface area contributed by atoms with Crippen LogP contribution in [0.25, 0.3) is 0 Å². The van der Waals surface area contributed by atoms with E-state index >= 15 is 0 Å². The molecular weight excluding hydrogens is 249 g/mol. The maximum absolute atomic E-state index is 13.8. The van der Waals surface area contributed by atoms with Gasteiger partial charge in [0.2, 0.25) is 0 Å². The Morgan fingerprint density at radius 1 is 1.53 bits per heavy atom. The molecule has 0 radical (unpaired) electrons. The molecule has 19 heavy (non-hydrogen) atoms. The van der Waals surface area contributed by atoms with Crippen LogP contribution in [0.3, 0.4) is 0 Å². The van der Waals surface area contributed by atoms with Gasteiger partial charge in [-0.05, 0) is 37.6 Å². The average Bonchev–Trinajstić information content (AvgIpc) is 2.41. The first kappa shape index (κ1) is 13.8. The quantitative estimate of drug-likeness (QED) is 0.909. The zero-order valence-corrected chi connectivity index (χ0v) is 10.9. The fraction of sp³-hybridized carbons (Fsp3) is 0.500. The summed E-state index contributed by atoms with van der Waals surface area (Å²) in [6.07, 6.45) is 2.49. The summed E-state index contributed by atoms with van der Waals surface area (Å²) in [4.78, 5) is 13.0. The second kappa shape index (κ2) is 6.02. The number of benzene rings is 1. The summed E-state index contributed by atoms with van der Waals surface area (Å²) in [5, 5.41) is 9.20. The minimum atomic E-state index is -0.831. The summed E-state index contributed by atoms with van der Waals surface area (Å²) in [7, 11) is 1.53. The predicted molar refractivity (Wildman–Crippen MR) is 68.6 cm³/mol. The number of carbonyl (C=O) groups is 1. The van der Waals surface area contributed by atoms with Crippen LogP contribution in [0.4, 0.5) is 4.39 Å². The van der Waals surface area contributed by atoms with Gasteiger partial charge in [0, 0.05) is 12.1 Å². The van der Waals surface area contributed by atoms with Crippen LogP contribution in [0, 0.1) is 5.82 Å². The van der Waals surface area contributed by atoms with E-state index in [1.54, 1.807) is 12.1 Å². The van der Waals surface area contributed by atoms with Crippen LogP contribution in [0.5, 0.6) is 5.75 Å². The molecule has 1 aliphatic heterocycles. The molecule has 104 valence electrons. The molecule has 1 aromatic carbocycles. The van der Waals surface area contributed by atoms with Gasteiger partial charge in [-0.2, -0.15) is 0 Å². The monoisotopic (exact) mass is 267 g/mol. The Bertz CT molecular complexity index is 464. The first-order valence-electron chi connectivity index (χ1n) is 6.41. The number of ether oxygens (including phenoxy) is 1. The largest absolute Gasteiger partial charge is 0.497 e. The number of hydrogen-bond donors (Lipinski definition) is 1. The Labute approximate surface area is 111 Å². The third kappa shape index (κ3) is 3.23. The van der Waals surface area contributed by atoms with Gasteiger partial charge >= 0.3 is 5.97 Å². The van der Waals surface area contributed by atoms with Crippen LogP contribution in [0.15, 0.2) is 18.2 Å². The Balaban J connectivity index is 2.16. The van der Waals surface area contributed by atoms with Crippen LogP contribution in [-0.4, -0.2) is 35.7 Å². The van der Waals surface area contributed by atoms with Gasteiger partial charge in [0.25, 0.3) is 0 Å². The smallest absolute Gasteiger partial charge is 0.320 e. The first-order chi connectivity index (χ1) is 9.11. The molecule has 4 nitrogen and oxygen atoms in total. The standard InChI is InChI=1S/C14H18FNO3/c1-19-11-5-6-12(15)10(8-11)9-16-7-3-2-4-13(16)14(17)18/h5-6,8,13H,2-4,7,9H2,1H3,(H,17,18). The van der Waals surface area contributed by atoms with E-state index in [1.807, 2.05) is 4.90 Å². The number of methoxy groups -OCH3 is 1. The lowest BCUT2D eigenvalue weighted by atomic mass is 10.0. The van der Waals surface area contributed by atoms with Gasteiger partial charge < -0.3 is 9.84 Å². The van der Waals surface area contributed by atoms with Gasteiger partial charge in [-0.15, -0.1) is 0 Å². The minimum Gasteiger partial charge on any atom is -0.497 e. The fourth-order valence-electron chi connectivity index (χ4n) is 2.48. The molecule has 1 saturated heterocycles. The molecular formula is C14H18FNO3. The molecule has 0 saturated carbocycles. The number of carboxylic acids is 1. The number of piperidine rings is 1. The SMILES string of the molecule is COc1ccc(F)c(CN2CCCCC2C(=O)O)c1. The third-order valence-corrected chi connectivity index (χ3v) is 3.53. The second-order valence-corrected chi connectivity index (χ2v) is 4.78. The first-order valence-corrected chi connectivity index (χ1v) is 6.41. The Kier molecular flexibility index (Phi) is 4.37. The lowest BCUT2D eigenvalue weighted by molar-refractivity contribution is -0.144. The molecule has 0 aliphatic carbocycles. The van der Waals surface area contributed by atoms with Crippen molar-refractivity contribution in [3.05, 3.63) is 29.6 Å². The molecule has 1 aliphatic rings. The van der Waals surface area contributed by atoms with E-state index in [0.29, 0.717) is 30.8 Å². The average molecular weight is 267 g/mol. The van der Waals surface area contributed by atoms with Crippen molar-refractivity contribution >= 4 is 5.97 Å². The highest BCUT2D eigenvalue weighted by Gasteiger charge is 2.28. The number of likely N-dealkylation sites (tertiary alicyclic amines) is 1. The number of nitrogens with zero attached hydrogens (tertiary/aromatic N) is 1. The highest BCUT2D eigenvalue weighted by molar-refractivity contribution is 5.73. The van der Waals surface area contributed by atoms with E-state index < -0.39 is 12.0 Å². The van der Waals surface area contributed by atoms with Crippen molar-refractivity contribution in [3.63, 3.8) is 0 Å². The summed E-state index contributed by atoms with van der Waals surface area (Å²) in [5.74, 6) is -0.571. The zero-order valence-electron chi connectivity index (χ0n) is 10.9. The van der Waals surface area contributed by atoms with Crippen LogP contribution < -0.4 is 4.74 Å². The highest BCUT2D eigenvalue weighted by Crippen LogP contribution is 2.23. The minimum absolute atomic E-state index is 0.306. The summed E-state index contributed by atoms with van der Waals surface area (Å²) in [6, 6.07) is 4.03. The van der Waals surface area contributed by atoms with Gasteiger partial charge in [-0.1, -0.05) is 6.42 Å². The van der Waals surface area contributed by atoms with Gasteiger partial charge in [0.1, 0.15) is 17.6 Å². The number of aliphatic carboxylic acids is 1. The molecule has 5 heteroatoms. The summed E-state index contributed by atoms with van der Waals surface area (Å²) in [5.41, 5.74) is 0.479. The fourth-order valence-corrected chi connectivity index (χ4v) is 2.48. The van der Waals surface area contributed by atoms with Gasteiger partial charge in [-0.25, -0.2) is 4.39 Å². The molecule has 0 amide bonds. The molecule has 1 heterocycles. The molecule has 0 spiro atoms. The second-order valence-electron chi connectivity index (χ2n) is 4.78. The lowest BCUT2D eigenvalue weighted by Crippen LogP contribution is -2.44. The summed E-state index contributed by atoms with van der Waals surface area (Å²) in [6.45, 7) is 0.994. The Morgan fingerprint density at radius 3 is 3.00 bits per heavy atom. The van der Waals surface area contributed by atoms with Crippen LogP contribution in [0.2, 0.25) is 0 Å². The number of halogens is 1.